The Kier molecular flexibility index (Phi) is 29.3. The Hall–Kier alpha value is -7.47. The summed E-state index contributed by atoms with van der Waals surface area (Å²) in [7, 11) is 0. The largest absolute Gasteiger partial charge is 0.354 e. The van der Waals surface area contributed by atoms with Gasteiger partial charge < -0.3 is 26.6 Å². The van der Waals surface area contributed by atoms with Crippen LogP contribution in [0.3, 0.4) is 0 Å². The van der Waals surface area contributed by atoms with Gasteiger partial charge in [-0.2, -0.15) is 0 Å². The van der Waals surface area contributed by atoms with Gasteiger partial charge in [0.25, 0.3) is 5.69 Å². The number of non-ortho nitro benzene ring substituents is 1. The van der Waals surface area contributed by atoms with Gasteiger partial charge in [0.1, 0.15) is 5.82 Å². The molecule has 5 amide bonds. The van der Waals surface area contributed by atoms with E-state index in [2.05, 4.69) is 69.9 Å². The number of nitro groups is 1. The molecule has 498 valence electrons. The number of ketones is 1. The minimum absolute atomic E-state index is 0.00866. The number of nitro benzene ring substituents is 1. The summed E-state index contributed by atoms with van der Waals surface area (Å²) in [6.07, 6.45) is 20.4. The highest BCUT2D eigenvalue weighted by Crippen LogP contribution is 2.38. The molecule has 0 aliphatic heterocycles. The Morgan fingerprint density at radius 2 is 0.696 bits per heavy atom. The Balaban J connectivity index is 0.000000183. The maximum absolute atomic E-state index is 13.2. The van der Waals surface area contributed by atoms with Gasteiger partial charge in [-0.15, -0.1) is 0 Å². The summed E-state index contributed by atoms with van der Waals surface area (Å²) >= 11 is 5.81. The van der Waals surface area contributed by atoms with Crippen LogP contribution in [0.2, 0.25) is 5.02 Å². The van der Waals surface area contributed by atoms with E-state index in [1.54, 1.807) is 52.0 Å². The predicted octanol–water partition coefficient (Wildman–Crippen LogP) is 15.9. The predicted molar refractivity (Wildman–Crippen MR) is 353 cm³/mol. The molecule has 14 nitrogen and oxygen atoms in total. The Morgan fingerprint density at radius 1 is 0.402 bits per heavy atom. The van der Waals surface area contributed by atoms with Crippen LogP contribution in [0.15, 0.2) is 103 Å². The molecule has 5 aromatic carbocycles. The van der Waals surface area contributed by atoms with Crippen molar-refractivity contribution in [2.24, 2.45) is 0 Å². The average molecular weight is 1290 g/mol. The minimum atomic E-state index is -1.43. The topological polar surface area (TPSA) is 206 Å². The Labute approximate surface area is 545 Å². The number of carbonyl (C=O) groups is 6. The molecule has 0 spiro atoms. The maximum Gasteiger partial charge on any atom is 0.269 e. The summed E-state index contributed by atoms with van der Waals surface area (Å²) in [5, 5.41) is 25.6. The molecule has 19 heteroatoms. The third-order valence-corrected chi connectivity index (χ3v) is 18.5. The van der Waals surface area contributed by atoms with Gasteiger partial charge in [-0.1, -0.05) is 116 Å². The van der Waals surface area contributed by atoms with E-state index in [-0.39, 0.29) is 80.8 Å². The van der Waals surface area contributed by atoms with E-state index in [0.717, 1.165) is 138 Å². The molecule has 10 rings (SSSR count). The summed E-state index contributed by atoms with van der Waals surface area (Å²) in [6.45, 7) is 11.4. The molecule has 0 heterocycles. The molecule has 0 unspecified atom stereocenters. The SMILES string of the molecule is CC(=O)N[C@H]1CCC[C@@H](c2cc(F)c(F)c(F)c2)C1.CC(=O)N[C@H]1CCC[C@@H](c2ccc(C(C)=O)cc2)C1.CC(=O)N[C@H]1CCC[C@@H](c2ccc(C)cc2)C1.CC(=O)N[C@H]1CCC[C@@H](c2ccc(F)c(Cl)c2)C1.CC(=O)N[C@H]1CCC[C@@H](c2ccc([N+](=O)[O-])cc2)C1. The van der Waals surface area contributed by atoms with Crippen molar-refractivity contribution in [3.05, 3.63) is 180 Å². The summed E-state index contributed by atoms with van der Waals surface area (Å²) in [5.74, 6) is -2.17. The first kappa shape index (κ1) is 73.6. The van der Waals surface area contributed by atoms with Gasteiger partial charge in [-0.05, 0) is 192 Å². The van der Waals surface area contributed by atoms with E-state index in [9.17, 15) is 56.4 Å². The van der Waals surface area contributed by atoms with Crippen LogP contribution in [-0.4, -0.2) is 70.5 Å². The number of benzene rings is 5. The molecule has 92 heavy (non-hydrogen) atoms. The standard InChI is InChI=1S/C16H21NO2.C15H21NO.C14H17ClFNO.C14H16F3NO.C14H18N2O3/c1-11(18)13-6-8-14(9-7-13)15-4-3-5-16(10-15)17-12(2)19;1-11-6-8-13(9-7-11)14-4-3-5-15(10-14)16-12(2)17;1-9(18)17-12-4-2-3-10(7-12)11-5-6-14(16)13(15)8-11;1-8(19)18-11-4-2-3-9(5-11)10-6-12(15)14(17)13(16)7-10;1-10(17)15-13-4-2-3-12(9-13)11-5-7-14(8-6-11)16(18)19/h6-9,15-16H,3-5,10H2,1-2H3,(H,17,19);6-9,14-15H,3-5,10H2,1-2H3,(H,16,17);5-6,8,10,12H,2-4,7H2,1H3,(H,17,18);6-7,9,11H,2-5H2,1H3,(H,18,19);5-8,12-13H,2-4,9H2,1H3,(H,15,17)/t15-,16+;14-,15+;10-,12+;9-,11+;12-,13+/m11111/s1. The molecule has 5 fully saturated rings. The van der Waals surface area contributed by atoms with E-state index in [0.29, 0.717) is 47.7 Å². The molecular weight excluding hydrogens is 1200 g/mol. The lowest BCUT2D eigenvalue weighted by molar-refractivity contribution is -0.384. The second-order valence-corrected chi connectivity index (χ2v) is 26.1. The molecule has 5 aromatic rings. The van der Waals surface area contributed by atoms with Gasteiger partial charge in [0.2, 0.25) is 29.5 Å². The number of amides is 5. The lowest BCUT2D eigenvalue weighted by Crippen LogP contribution is -2.36. The monoisotopic (exact) mass is 1290 g/mol. The second-order valence-electron chi connectivity index (χ2n) is 25.7. The van der Waals surface area contributed by atoms with Gasteiger partial charge in [-0.25, -0.2) is 17.6 Å². The third kappa shape index (κ3) is 24.5. The van der Waals surface area contributed by atoms with Crippen LogP contribution in [0.25, 0.3) is 0 Å². The lowest BCUT2D eigenvalue weighted by atomic mass is 9.81. The second kappa shape index (κ2) is 36.7. The average Bonchev–Trinajstić information content (AvgIpc) is 2.37. The number of halogens is 5. The number of nitrogens with zero attached hydrogens (tertiary/aromatic N) is 1. The van der Waals surface area contributed by atoms with Crippen molar-refractivity contribution in [3.8, 4) is 0 Å². The fraction of sp³-hybridized carbons (Fsp3) is 0.507. The third-order valence-electron chi connectivity index (χ3n) is 18.2. The van der Waals surface area contributed by atoms with Crippen LogP contribution in [0, 0.1) is 40.3 Å². The van der Waals surface area contributed by atoms with Gasteiger partial charge in [0.05, 0.1) is 9.95 Å². The molecule has 5 saturated carbocycles. The quantitative estimate of drug-likeness (QED) is 0.0266. The van der Waals surface area contributed by atoms with Crippen LogP contribution in [0.1, 0.15) is 243 Å². The van der Waals surface area contributed by atoms with E-state index in [4.69, 9.17) is 11.6 Å². The number of Topliss-reactive ketones (excluding diaryl/α,β-unsaturated/α-hetero) is 1. The van der Waals surface area contributed by atoms with E-state index < -0.39 is 17.5 Å². The number of carbonyl (C=O) groups excluding carboxylic acids is 6. The smallest absolute Gasteiger partial charge is 0.269 e. The molecule has 5 aliphatic rings. The minimum Gasteiger partial charge on any atom is -0.354 e. The van der Waals surface area contributed by atoms with Crippen molar-refractivity contribution in [3.63, 3.8) is 0 Å². The zero-order chi connectivity index (χ0) is 67.0. The highest BCUT2D eigenvalue weighted by molar-refractivity contribution is 6.30. The zero-order valence-corrected chi connectivity index (χ0v) is 55.1. The normalized spacial score (nSPS) is 23.3. The van der Waals surface area contributed by atoms with Crippen molar-refractivity contribution < 1.29 is 51.3 Å². The van der Waals surface area contributed by atoms with Crippen LogP contribution in [-0.2, 0) is 24.0 Å². The highest BCUT2D eigenvalue weighted by atomic mass is 35.5. The van der Waals surface area contributed by atoms with Gasteiger partial charge in [0.15, 0.2) is 23.2 Å². The summed E-state index contributed by atoms with van der Waals surface area (Å²) in [6, 6.07) is 31.7. The van der Waals surface area contributed by atoms with Gasteiger partial charge >= 0.3 is 0 Å². The molecule has 0 saturated heterocycles. The van der Waals surface area contributed by atoms with Crippen molar-refractivity contribution >= 4 is 52.6 Å². The number of hydrogen-bond donors (Lipinski definition) is 5. The number of hydrogen-bond acceptors (Lipinski definition) is 8. The van der Waals surface area contributed by atoms with Gasteiger partial charge in [-0.3, -0.25) is 38.9 Å². The van der Waals surface area contributed by atoms with Crippen LogP contribution >= 0.6 is 11.6 Å². The fourth-order valence-corrected chi connectivity index (χ4v) is 14.0. The Bertz CT molecular complexity index is 3150. The molecule has 0 radical (unpaired) electrons. The van der Waals surface area contributed by atoms with Crippen molar-refractivity contribution in [1.82, 2.24) is 26.6 Å². The van der Waals surface area contributed by atoms with Gasteiger partial charge in [0, 0.05) is 82.5 Å². The first-order valence-corrected chi connectivity index (χ1v) is 33.0. The first-order chi connectivity index (χ1) is 43.8. The molecule has 5 N–H and O–H groups in total. The van der Waals surface area contributed by atoms with Crippen LogP contribution in [0.4, 0.5) is 23.2 Å². The Morgan fingerprint density at radius 3 is 1.00 bits per heavy atom. The van der Waals surface area contributed by atoms with Crippen molar-refractivity contribution in [1.29, 1.82) is 0 Å². The van der Waals surface area contributed by atoms with E-state index in [1.807, 2.05) is 24.3 Å². The number of nitrogens with one attached hydrogen (secondary N) is 5. The number of aryl methyl sites for hydroxylation is 1. The molecule has 5 aliphatic carbocycles. The summed E-state index contributed by atoms with van der Waals surface area (Å²) < 4.78 is 52.5. The van der Waals surface area contributed by atoms with E-state index >= 15 is 0 Å². The summed E-state index contributed by atoms with van der Waals surface area (Å²) in [5.41, 5.74) is 7.55. The highest BCUT2D eigenvalue weighted by Gasteiger charge is 2.29. The zero-order valence-electron chi connectivity index (χ0n) is 54.3. The molecule has 0 aromatic heterocycles. The van der Waals surface area contributed by atoms with Crippen LogP contribution in [0.5, 0.6) is 0 Å². The first-order valence-electron chi connectivity index (χ1n) is 32.7. The molecule has 10 atom stereocenters. The van der Waals surface area contributed by atoms with E-state index in [1.165, 1.54) is 49.4 Å². The molecule has 0 bridgehead atoms. The van der Waals surface area contributed by atoms with Crippen LogP contribution < -0.4 is 26.6 Å². The fourth-order valence-electron chi connectivity index (χ4n) is 13.8. The lowest BCUT2D eigenvalue weighted by Gasteiger charge is -2.29. The number of rotatable bonds is 12. The maximum atomic E-state index is 13.2. The molecular formula is C73H93ClF4N6O8. The summed E-state index contributed by atoms with van der Waals surface area (Å²) in [4.78, 5) is 76.9. The van der Waals surface area contributed by atoms with Crippen molar-refractivity contribution in [2.45, 2.75) is 237 Å². The van der Waals surface area contributed by atoms with Crippen molar-refractivity contribution in [2.75, 3.05) is 0 Å².